The molecule has 0 aliphatic heterocycles. The molecule has 0 rings (SSSR count). The number of alkyl carbamates (subject to hydrolysis) is 2. The van der Waals surface area contributed by atoms with Gasteiger partial charge < -0.3 is 30.5 Å². The van der Waals surface area contributed by atoms with Crippen molar-refractivity contribution >= 4 is 24.1 Å². The van der Waals surface area contributed by atoms with Gasteiger partial charge in [-0.15, -0.1) is 0 Å². The number of ether oxygens (including phenoxy) is 2. The van der Waals surface area contributed by atoms with Crippen molar-refractivity contribution in [2.75, 3.05) is 13.1 Å². The molecule has 0 aliphatic rings. The molecule has 0 bridgehead atoms. The van der Waals surface area contributed by atoms with E-state index >= 15 is 0 Å². The van der Waals surface area contributed by atoms with Crippen molar-refractivity contribution in [3.05, 3.63) is 0 Å². The van der Waals surface area contributed by atoms with Crippen molar-refractivity contribution in [3.8, 4) is 0 Å². The second kappa shape index (κ2) is 11.4. The Hall–Kier alpha value is -2.52. The van der Waals surface area contributed by atoms with Gasteiger partial charge >= 0.3 is 18.2 Å². The van der Waals surface area contributed by atoms with Gasteiger partial charge in [0.05, 0.1) is 12.5 Å². The summed E-state index contributed by atoms with van der Waals surface area (Å²) in [6.45, 7) is 10.6. The summed E-state index contributed by atoms with van der Waals surface area (Å²) in [5.74, 6) is -1.46. The Morgan fingerprint density at radius 2 is 1.39 bits per heavy atom. The highest BCUT2D eigenvalue weighted by Gasteiger charge is 2.21. The monoisotopic (exact) mass is 403 g/mol. The summed E-state index contributed by atoms with van der Waals surface area (Å²) in [5.41, 5.74) is -1.34. The van der Waals surface area contributed by atoms with E-state index in [9.17, 15) is 19.2 Å². The smallest absolute Gasteiger partial charge is 0.407 e. The van der Waals surface area contributed by atoms with Gasteiger partial charge in [0.15, 0.2) is 0 Å². The lowest BCUT2D eigenvalue weighted by atomic mass is 10.2. The minimum Gasteiger partial charge on any atom is -0.481 e. The summed E-state index contributed by atoms with van der Waals surface area (Å²) in [4.78, 5) is 45.9. The largest absolute Gasteiger partial charge is 0.481 e. The number of carboxylic acid groups (broad SMARTS) is 1. The first-order chi connectivity index (χ1) is 12.7. The molecule has 4 N–H and O–H groups in total. The van der Waals surface area contributed by atoms with Gasteiger partial charge in [-0.25, -0.2) is 9.59 Å². The Morgan fingerprint density at radius 1 is 0.857 bits per heavy atom. The zero-order valence-electron chi connectivity index (χ0n) is 17.5. The first kappa shape index (κ1) is 25.5. The van der Waals surface area contributed by atoms with Gasteiger partial charge in [-0.3, -0.25) is 9.59 Å². The van der Waals surface area contributed by atoms with Crippen LogP contribution in [0.3, 0.4) is 0 Å². The molecular weight excluding hydrogens is 370 g/mol. The second-order valence-electron chi connectivity index (χ2n) is 8.26. The molecule has 0 spiro atoms. The highest BCUT2D eigenvalue weighted by Crippen LogP contribution is 2.08. The van der Waals surface area contributed by atoms with E-state index in [1.165, 1.54) is 0 Å². The van der Waals surface area contributed by atoms with Gasteiger partial charge in [-0.2, -0.15) is 0 Å². The van der Waals surface area contributed by atoms with Crippen LogP contribution in [-0.4, -0.2) is 59.5 Å². The predicted octanol–water partition coefficient (Wildman–Crippen LogP) is 1.78. The standard InChI is InChI=1S/C18H33N3O7/c1-17(2,3)27-15(25)20-11-12(21-16(26)28-18(4,5)6)9-10-19-13(22)7-8-14(23)24/h12H,7-11H2,1-6H3,(H,19,22)(H,20,25)(H,21,26)(H,23,24)/t12-/m1/s1. The van der Waals surface area contributed by atoms with Crippen LogP contribution in [0, 0.1) is 0 Å². The number of aliphatic carboxylic acids is 1. The Bertz CT molecular complexity index is 550. The van der Waals surface area contributed by atoms with Crippen LogP contribution in [0.1, 0.15) is 60.8 Å². The van der Waals surface area contributed by atoms with Crippen molar-refractivity contribution in [2.45, 2.75) is 78.0 Å². The van der Waals surface area contributed by atoms with Crippen LogP contribution < -0.4 is 16.0 Å². The fourth-order valence-corrected chi connectivity index (χ4v) is 1.91. The van der Waals surface area contributed by atoms with Crippen molar-refractivity contribution in [2.24, 2.45) is 0 Å². The maximum Gasteiger partial charge on any atom is 0.407 e. The SMILES string of the molecule is CC(C)(C)OC(=O)NC[C@@H](CCNC(=O)CCC(=O)O)NC(=O)OC(C)(C)C. The molecule has 0 aromatic carbocycles. The molecule has 0 radical (unpaired) electrons. The zero-order chi connectivity index (χ0) is 22.0. The lowest BCUT2D eigenvalue weighted by Crippen LogP contribution is -2.47. The predicted molar refractivity (Wildman–Crippen MR) is 102 cm³/mol. The Balaban J connectivity index is 4.62. The number of carboxylic acids is 1. The van der Waals surface area contributed by atoms with E-state index in [2.05, 4.69) is 16.0 Å². The molecule has 0 heterocycles. The molecule has 0 fully saturated rings. The second-order valence-corrected chi connectivity index (χ2v) is 8.26. The molecule has 0 saturated heterocycles. The van der Waals surface area contributed by atoms with Gasteiger partial charge in [0.2, 0.25) is 5.91 Å². The fourth-order valence-electron chi connectivity index (χ4n) is 1.91. The molecule has 10 heteroatoms. The molecule has 10 nitrogen and oxygen atoms in total. The number of amides is 3. The molecule has 3 amide bonds. The summed E-state index contributed by atoms with van der Waals surface area (Å²) in [6.07, 6.45) is -1.37. The number of carbonyl (C=O) groups is 4. The van der Waals surface area contributed by atoms with Crippen LogP contribution in [0.4, 0.5) is 9.59 Å². The first-order valence-electron chi connectivity index (χ1n) is 9.13. The van der Waals surface area contributed by atoms with E-state index in [0.29, 0.717) is 6.42 Å². The number of hydrogen-bond donors (Lipinski definition) is 4. The fraction of sp³-hybridized carbons (Fsp3) is 0.778. The van der Waals surface area contributed by atoms with Gasteiger partial charge in [0.25, 0.3) is 0 Å². The Kier molecular flexibility index (Phi) is 10.3. The molecular formula is C18H33N3O7. The van der Waals surface area contributed by atoms with Crippen LogP contribution in [0.2, 0.25) is 0 Å². The van der Waals surface area contributed by atoms with E-state index in [0.717, 1.165) is 0 Å². The van der Waals surface area contributed by atoms with E-state index in [1.54, 1.807) is 41.5 Å². The molecule has 162 valence electrons. The number of hydrogen-bond acceptors (Lipinski definition) is 6. The molecule has 0 aromatic heterocycles. The average molecular weight is 403 g/mol. The highest BCUT2D eigenvalue weighted by atomic mass is 16.6. The van der Waals surface area contributed by atoms with E-state index in [4.69, 9.17) is 14.6 Å². The Labute approximate surface area is 165 Å². The van der Waals surface area contributed by atoms with Crippen molar-refractivity contribution < 1.29 is 33.8 Å². The lowest BCUT2D eigenvalue weighted by Gasteiger charge is -2.25. The molecule has 0 unspecified atom stereocenters. The van der Waals surface area contributed by atoms with Crippen LogP contribution >= 0.6 is 0 Å². The maximum atomic E-state index is 12.0. The normalized spacial score (nSPS) is 12.5. The summed E-state index contributed by atoms with van der Waals surface area (Å²) >= 11 is 0. The minimum absolute atomic E-state index is 0.0686. The topological polar surface area (TPSA) is 143 Å². The zero-order valence-corrected chi connectivity index (χ0v) is 17.5. The molecule has 0 aliphatic carbocycles. The van der Waals surface area contributed by atoms with Gasteiger partial charge in [-0.1, -0.05) is 0 Å². The molecule has 0 aromatic rings. The number of carbonyl (C=O) groups excluding carboxylic acids is 3. The van der Waals surface area contributed by atoms with Crippen molar-refractivity contribution in [1.82, 2.24) is 16.0 Å². The summed E-state index contributed by atoms with van der Waals surface area (Å²) in [5, 5.41) is 16.4. The van der Waals surface area contributed by atoms with Crippen LogP contribution in [0.25, 0.3) is 0 Å². The number of rotatable bonds is 9. The average Bonchev–Trinajstić information content (AvgIpc) is 2.46. The third kappa shape index (κ3) is 15.7. The van der Waals surface area contributed by atoms with Gasteiger partial charge in [0.1, 0.15) is 11.2 Å². The van der Waals surface area contributed by atoms with Crippen molar-refractivity contribution in [3.63, 3.8) is 0 Å². The maximum absolute atomic E-state index is 12.0. The summed E-state index contributed by atoms with van der Waals surface area (Å²) in [6, 6.07) is -0.526. The quantitative estimate of drug-likeness (QED) is 0.459. The summed E-state index contributed by atoms with van der Waals surface area (Å²) < 4.78 is 10.4. The molecule has 28 heavy (non-hydrogen) atoms. The first-order valence-corrected chi connectivity index (χ1v) is 9.13. The van der Waals surface area contributed by atoms with Crippen LogP contribution in [0.15, 0.2) is 0 Å². The number of nitrogens with one attached hydrogen (secondary N) is 3. The highest BCUT2D eigenvalue weighted by molar-refractivity contribution is 5.80. The van der Waals surface area contributed by atoms with Crippen LogP contribution in [-0.2, 0) is 19.1 Å². The van der Waals surface area contributed by atoms with Gasteiger partial charge in [0, 0.05) is 19.5 Å². The van der Waals surface area contributed by atoms with Crippen LogP contribution in [0.5, 0.6) is 0 Å². The van der Waals surface area contributed by atoms with E-state index < -0.39 is 41.3 Å². The third-order valence-electron chi connectivity index (χ3n) is 2.99. The third-order valence-corrected chi connectivity index (χ3v) is 2.99. The van der Waals surface area contributed by atoms with E-state index in [-0.39, 0.29) is 25.9 Å². The van der Waals surface area contributed by atoms with Crippen molar-refractivity contribution in [1.29, 1.82) is 0 Å². The minimum atomic E-state index is -1.05. The van der Waals surface area contributed by atoms with E-state index in [1.807, 2.05) is 0 Å². The Morgan fingerprint density at radius 3 is 1.89 bits per heavy atom. The summed E-state index contributed by atoms with van der Waals surface area (Å²) in [7, 11) is 0. The van der Waals surface area contributed by atoms with Gasteiger partial charge in [-0.05, 0) is 48.0 Å². The molecule has 0 saturated carbocycles. The lowest BCUT2D eigenvalue weighted by molar-refractivity contribution is -0.138. The molecule has 1 atom stereocenters.